The van der Waals surface area contributed by atoms with Gasteiger partial charge in [-0.15, -0.1) is 0 Å². The maximum Gasteiger partial charge on any atom is 0.256 e. The third-order valence-electron chi connectivity index (χ3n) is 2.56. The minimum absolute atomic E-state index is 0.333. The summed E-state index contributed by atoms with van der Waals surface area (Å²) in [6.07, 6.45) is 0. The lowest BCUT2D eigenvalue weighted by Gasteiger charge is -2.20. The van der Waals surface area contributed by atoms with Crippen molar-refractivity contribution in [2.75, 3.05) is 33.0 Å². The molecule has 0 bridgehead atoms. The lowest BCUT2D eigenvalue weighted by Crippen LogP contribution is -2.08. The van der Waals surface area contributed by atoms with Crippen LogP contribution in [-0.2, 0) is 4.89 Å². The van der Waals surface area contributed by atoms with Gasteiger partial charge in [-0.05, 0) is 34.6 Å². The summed E-state index contributed by atoms with van der Waals surface area (Å²) < 4.78 is 22.6. The number of hydrogen-bond donors (Lipinski definition) is 0. The Morgan fingerprint density at radius 1 is 0.591 bits per heavy atom. The van der Waals surface area contributed by atoms with Crippen LogP contribution < -0.4 is 23.8 Å². The van der Waals surface area contributed by atoms with E-state index in [9.17, 15) is 0 Å². The highest BCUT2D eigenvalue weighted by Gasteiger charge is 2.25. The van der Waals surface area contributed by atoms with Crippen molar-refractivity contribution in [2.45, 2.75) is 34.6 Å². The molecule has 0 aliphatic rings. The zero-order valence-electron chi connectivity index (χ0n) is 14.1. The van der Waals surface area contributed by atoms with Crippen LogP contribution in [0.15, 0.2) is 6.07 Å². The maximum atomic E-state index is 5.67. The van der Waals surface area contributed by atoms with Gasteiger partial charge in [0.25, 0.3) is 5.75 Å². The van der Waals surface area contributed by atoms with E-state index in [1.165, 1.54) is 0 Å². The molecule has 1 aromatic rings. The molecule has 0 saturated carbocycles. The second kappa shape index (κ2) is 10.00. The molecule has 0 radical (unpaired) electrons. The van der Waals surface area contributed by atoms with Gasteiger partial charge in [0, 0.05) is 6.07 Å². The van der Waals surface area contributed by atoms with Gasteiger partial charge in [0.1, 0.15) is 0 Å². The first-order valence-corrected chi connectivity index (χ1v) is 7.74. The Morgan fingerprint density at radius 3 is 1.41 bits per heavy atom. The largest absolute Gasteiger partial charge is 0.490 e. The third-order valence-corrected chi connectivity index (χ3v) is 2.56. The third kappa shape index (κ3) is 4.59. The Bertz CT molecular complexity index is 413. The first-order valence-electron chi connectivity index (χ1n) is 7.74. The second-order valence-corrected chi connectivity index (χ2v) is 4.08. The topological polar surface area (TPSA) is 55.4 Å². The van der Waals surface area contributed by atoms with E-state index in [4.69, 9.17) is 28.7 Å². The summed E-state index contributed by atoms with van der Waals surface area (Å²) in [6, 6.07) is 1.75. The van der Waals surface area contributed by atoms with E-state index in [0.717, 1.165) is 0 Å². The van der Waals surface area contributed by atoms with Crippen LogP contribution in [0.1, 0.15) is 34.6 Å². The molecule has 0 saturated heterocycles. The van der Waals surface area contributed by atoms with E-state index in [1.54, 1.807) is 6.07 Å². The van der Waals surface area contributed by atoms with Gasteiger partial charge in [-0.1, -0.05) is 0 Å². The van der Waals surface area contributed by atoms with Crippen molar-refractivity contribution in [1.82, 2.24) is 0 Å². The molecule has 1 aromatic carbocycles. The van der Waals surface area contributed by atoms with Gasteiger partial charge in [0.2, 0.25) is 11.5 Å². The van der Waals surface area contributed by atoms with E-state index >= 15 is 0 Å². The van der Waals surface area contributed by atoms with E-state index in [2.05, 4.69) is 0 Å². The molecule has 0 N–H and O–H groups in total. The van der Waals surface area contributed by atoms with Crippen molar-refractivity contribution in [3.05, 3.63) is 6.07 Å². The van der Waals surface area contributed by atoms with E-state index in [0.29, 0.717) is 61.8 Å². The van der Waals surface area contributed by atoms with Crippen LogP contribution in [0.5, 0.6) is 28.7 Å². The predicted octanol–water partition coefficient (Wildman–Crippen LogP) is 3.61. The molecule has 1 rings (SSSR count). The van der Waals surface area contributed by atoms with Crippen LogP contribution in [0.3, 0.4) is 0 Å². The lowest BCUT2D eigenvalue weighted by molar-refractivity contribution is -0.204. The summed E-state index contributed by atoms with van der Waals surface area (Å²) in [4.78, 5) is 10.5. The van der Waals surface area contributed by atoms with Crippen LogP contribution in [-0.4, -0.2) is 33.0 Å². The Morgan fingerprint density at radius 2 is 1.05 bits per heavy atom. The number of hydrogen-bond acceptors (Lipinski definition) is 6. The van der Waals surface area contributed by atoms with Gasteiger partial charge < -0.3 is 23.8 Å². The standard InChI is InChI=1S/C16H26O6/c1-6-17-12-11-13(18-7-2)15(20-9-4)16(22-21-10-5)14(12)19-8-3/h11H,6-10H2,1-5H3. The van der Waals surface area contributed by atoms with Gasteiger partial charge in [-0.3, -0.25) is 0 Å². The first-order chi connectivity index (χ1) is 10.7. The molecule has 6 nitrogen and oxygen atoms in total. The predicted molar refractivity (Wildman–Crippen MR) is 83.4 cm³/mol. The zero-order valence-corrected chi connectivity index (χ0v) is 14.1. The van der Waals surface area contributed by atoms with Crippen LogP contribution in [0, 0.1) is 0 Å². The molecule has 0 heterocycles. The highest BCUT2D eigenvalue weighted by molar-refractivity contribution is 5.65. The van der Waals surface area contributed by atoms with Crippen LogP contribution in [0.25, 0.3) is 0 Å². The fraction of sp³-hybridized carbons (Fsp3) is 0.625. The fourth-order valence-electron chi connectivity index (χ4n) is 1.86. The molecule has 0 spiro atoms. The van der Waals surface area contributed by atoms with E-state index in [-0.39, 0.29) is 0 Å². The van der Waals surface area contributed by atoms with Crippen LogP contribution in [0.2, 0.25) is 0 Å². The summed E-state index contributed by atoms with van der Waals surface area (Å²) in [6.45, 7) is 11.7. The molecule has 0 amide bonds. The Balaban J connectivity index is 3.42. The SMILES string of the molecule is CCOOc1c(OCC)c(OCC)cc(OCC)c1OCC. The van der Waals surface area contributed by atoms with E-state index < -0.39 is 0 Å². The summed E-state index contributed by atoms with van der Waals surface area (Å²) in [5.74, 6) is 2.30. The van der Waals surface area contributed by atoms with Gasteiger partial charge in [-0.2, -0.15) is 4.89 Å². The smallest absolute Gasteiger partial charge is 0.256 e. The van der Waals surface area contributed by atoms with Crippen molar-refractivity contribution in [1.29, 1.82) is 0 Å². The minimum atomic E-state index is 0.333. The molecule has 126 valence electrons. The Hall–Kier alpha value is -1.82. The fourth-order valence-corrected chi connectivity index (χ4v) is 1.86. The molecular formula is C16H26O6. The Labute approximate surface area is 132 Å². The average Bonchev–Trinajstić information content (AvgIpc) is 2.51. The van der Waals surface area contributed by atoms with Gasteiger partial charge in [0.05, 0.1) is 33.0 Å². The molecule has 0 aliphatic carbocycles. The normalized spacial score (nSPS) is 10.2. The molecule has 0 atom stereocenters. The van der Waals surface area contributed by atoms with Crippen molar-refractivity contribution in [2.24, 2.45) is 0 Å². The molecule has 0 aromatic heterocycles. The number of ether oxygens (including phenoxy) is 4. The van der Waals surface area contributed by atoms with Crippen molar-refractivity contribution < 1.29 is 28.7 Å². The van der Waals surface area contributed by atoms with Gasteiger partial charge in [-0.25, -0.2) is 0 Å². The quantitative estimate of drug-likeness (QED) is 0.459. The highest BCUT2D eigenvalue weighted by atomic mass is 17.2. The molecule has 6 heteroatoms. The molecular weight excluding hydrogens is 288 g/mol. The summed E-state index contributed by atoms with van der Waals surface area (Å²) in [5.41, 5.74) is 0. The van der Waals surface area contributed by atoms with Crippen molar-refractivity contribution in [3.63, 3.8) is 0 Å². The van der Waals surface area contributed by atoms with Gasteiger partial charge in [0.15, 0.2) is 11.5 Å². The van der Waals surface area contributed by atoms with Crippen molar-refractivity contribution in [3.8, 4) is 28.7 Å². The monoisotopic (exact) mass is 314 g/mol. The van der Waals surface area contributed by atoms with Crippen LogP contribution >= 0.6 is 0 Å². The van der Waals surface area contributed by atoms with Gasteiger partial charge >= 0.3 is 0 Å². The molecule has 0 fully saturated rings. The van der Waals surface area contributed by atoms with Crippen molar-refractivity contribution >= 4 is 0 Å². The zero-order chi connectivity index (χ0) is 16.4. The number of benzene rings is 1. The molecule has 0 aliphatic heterocycles. The second-order valence-electron chi connectivity index (χ2n) is 4.08. The Kier molecular flexibility index (Phi) is 8.28. The average molecular weight is 314 g/mol. The van der Waals surface area contributed by atoms with E-state index in [1.807, 2.05) is 34.6 Å². The summed E-state index contributed by atoms with van der Waals surface area (Å²) in [7, 11) is 0. The molecule has 0 unspecified atom stereocenters. The summed E-state index contributed by atoms with van der Waals surface area (Å²) in [5, 5.41) is 0. The summed E-state index contributed by atoms with van der Waals surface area (Å²) >= 11 is 0. The first kappa shape index (κ1) is 18.2. The maximum absolute atomic E-state index is 5.67. The number of rotatable bonds is 11. The molecule has 22 heavy (non-hydrogen) atoms. The minimum Gasteiger partial charge on any atom is -0.490 e. The highest BCUT2D eigenvalue weighted by Crippen LogP contribution is 2.50. The lowest BCUT2D eigenvalue weighted by atomic mass is 10.2. The van der Waals surface area contributed by atoms with Crippen LogP contribution in [0.4, 0.5) is 0 Å².